The smallest absolute Gasteiger partial charge is 0.0620 e. The summed E-state index contributed by atoms with van der Waals surface area (Å²) in [5, 5.41) is 0. The van der Waals surface area contributed by atoms with E-state index in [-0.39, 0.29) is 29.6 Å². The zero-order chi connectivity index (χ0) is 9.14. The van der Waals surface area contributed by atoms with Crippen molar-refractivity contribution in [2.45, 2.75) is 39.5 Å². The Kier molecular flexibility index (Phi) is 5.95. The molecule has 0 spiro atoms. The molecular weight excluding hydrogens is 167 g/mol. The summed E-state index contributed by atoms with van der Waals surface area (Å²) in [6.45, 7) is 9.00. The van der Waals surface area contributed by atoms with E-state index in [0.717, 1.165) is 0 Å². The molecule has 1 aromatic carbocycles. The largest absolute Gasteiger partial charge is 1.00 e. The molecule has 0 heterocycles. The first-order chi connectivity index (χ1) is 5.63. The molecule has 0 atom stereocenters. The van der Waals surface area contributed by atoms with Crippen LogP contribution in [0.2, 0.25) is 0 Å². The molecule has 0 aliphatic rings. The summed E-state index contributed by atoms with van der Waals surface area (Å²) >= 11 is 0. The molecule has 0 aliphatic carbocycles. The summed E-state index contributed by atoms with van der Waals surface area (Å²) in [6.07, 6.45) is 0. The molecule has 0 N–H and O–H groups in total. The SMILES string of the molecule is CC(C)c1ccccc1C(C)C.[Na+]. The summed E-state index contributed by atoms with van der Waals surface area (Å²) < 4.78 is 0. The molecule has 0 fully saturated rings. The molecule has 13 heavy (non-hydrogen) atoms. The van der Waals surface area contributed by atoms with Gasteiger partial charge in [0.1, 0.15) is 0 Å². The van der Waals surface area contributed by atoms with Crippen LogP contribution in [-0.2, 0) is 0 Å². The van der Waals surface area contributed by atoms with Crippen LogP contribution in [0.15, 0.2) is 24.3 Å². The van der Waals surface area contributed by atoms with Crippen molar-refractivity contribution in [3.8, 4) is 0 Å². The van der Waals surface area contributed by atoms with Gasteiger partial charge in [-0.3, -0.25) is 0 Å². The Balaban J connectivity index is 0.00000144. The van der Waals surface area contributed by atoms with Crippen molar-refractivity contribution in [3.05, 3.63) is 35.4 Å². The third kappa shape index (κ3) is 3.46. The standard InChI is InChI=1S/C12H18.Na/c1-9(2)11-7-5-6-8-12(11)10(3)4;/h5-10H,1-4H3;/q;+1. The van der Waals surface area contributed by atoms with Gasteiger partial charge in [-0.15, -0.1) is 0 Å². The van der Waals surface area contributed by atoms with Crippen molar-refractivity contribution in [2.24, 2.45) is 0 Å². The van der Waals surface area contributed by atoms with Crippen molar-refractivity contribution in [3.63, 3.8) is 0 Å². The second kappa shape index (κ2) is 5.85. The quantitative estimate of drug-likeness (QED) is 0.601. The van der Waals surface area contributed by atoms with Gasteiger partial charge in [0.25, 0.3) is 0 Å². The van der Waals surface area contributed by atoms with E-state index in [1.54, 1.807) is 0 Å². The third-order valence-electron chi connectivity index (χ3n) is 2.24. The predicted molar refractivity (Wildman–Crippen MR) is 54.6 cm³/mol. The van der Waals surface area contributed by atoms with E-state index in [1.165, 1.54) is 11.1 Å². The van der Waals surface area contributed by atoms with Crippen LogP contribution in [0.4, 0.5) is 0 Å². The Hall–Kier alpha value is 0.220. The molecule has 1 heteroatoms. The number of rotatable bonds is 2. The average Bonchev–Trinajstić information content (AvgIpc) is 2.04. The number of hydrogen-bond donors (Lipinski definition) is 0. The minimum atomic E-state index is 0. The molecule has 0 amide bonds. The van der Waals surface area contributed by atoms with Gasteiger partial charge in [0.2, 0.25) is 0 Å². The van der Waals surface area contributed by atoms with Crippen LogP contribution < -0.4 is 29.6 Å². The van der Waals surface area contributed by atoms with Crippen molar-refractivity contribution in [2.75, 3.05) is 0 Å². The van der Waals surface area contributed by atoms with Gasteiger partial charge in [-0.1, -0.05) is 52.0 Å². The molecule has 0 bridgehead atoms. The van der Waals surface area contributed by atoms with Crippen LogP contribution in [0.5, 0.6) is 0 Å². The molecule has 0 nitrogen and oxygen atoms in total. The average molecular weight is 185 g/mol. The Morgan fingerprint density at radius 2 is 1.08 bits per heavy atom. The summed E-state index contributed by atoms with van der Waals surface area (Å²) in [7, 11) is 0. The van der Waals surface area contributed by atoms with Gasteiger partial charge in [-0.05, 0) is 23.0 Å². The van der Waals surface area contributed by atoms with Gasteiger partial charge in [0.15, 0.2) is 0 Å². The monoisotopic (exact) mass is 185 g/mol. The van der Waals surface area contributed by atoms with E-state index in [4.69, 9.17) is 0 Å². The number of benzene rings is 1. The van der Waals surface area contributed by atoms with Crippen molar-refractivity contribution in [1.29, 1.82) is 0 Å². The van der Waals surface area contributed by atoms with E-state index < -0.39 is 0 Å². The van der Waals surface area contributed by atoms with Gasteiger partial charge in [0, 0.05) is 0 Å². The van der Waals surface area contributed by atoms with Crippen LogP contribution in [0.25, 0.3) is 0 Å². The van der Waals surface area contributed by atoms with Crippen LogP contribution in [0.3, 0.4) is 0 Å². The third-order valence-corrected chi connectivity index (χ3v) is 2.24. The molecule has 0 aromatic heterocycles. The molecule has 0 saturated heterocycles. The van der Waals surface area contributed by atoms with Gasteiger partial charge >= 0.3 is 29.6 Å². The van der Waals surface area contributed by atoms with Crippen LogP contribution in [-0.4, -0.2) is 0 Å². The molecule has 0 saturated carbocycles. The first-order valence-electron chi connectivity index (χ1n) is 4.71. The topological polar surface area (TPSA) is 0 Å². The zero-order valence-electron chi connectivity index (χ0n) is 9.46. The fourth-order valence-corrected chi connectivity index (χ4v) is 1.56. The van der Waals surface area contributed by atoms with Crippen LogP contribution in [0, 0.1) is 0 Å². The summed E-state index contributed by atoms with van der Waals surface area (Å²) in [5.41, 5.74) is 2.99. The van der Waals surface area contributed by atoms with Crippen LogP contribution >= 0.6 is 0 Å². The van der Waals surface area contributed by atoms with Crippen molar-refractivity contribution >= 4 is 0 Å². The van der Waals surface area contributed by atoms with Crippen molar-refractivity contribution < 1.29 is 29.6 Å². The molecule has 1 rings (SSSR count). The maximum Gasteiger partial charge on any atom is 1.00 e. The summed E-state index contributed by atoms with van der Waals surface area (Å²) in [4.78, 5) is 0. The zero-order valence-corrected chi connectivity index (χ0v) is 11.5. The molecule has 66 valence electrons. The Morgan fingerprint density at radius 1 is 0.769 bits per heavy atom. The molecule has 0 radical (unpaired) electrons. The first-order valence-corrected chi connectivity index (χ1v) is 4.71. The van der Waals surface area contributed by atoms with E-state index in [9.17, 15) is 0 Å². The second-order valence-electron chi connectivity index (χ2n) is 3.94. The van der Waals surface area contributed by atoms with Gasteiger partial charge in [-0.25, -0.2) is 0 Å². The molecule has 1 aromatic rings. The fraction of sp³-hybridized carbons (Fsp3) is 0.500. The van der Waals surface area contributed by atoms with Crippen molar-refractivity contribution in [1.82, 2.24) is 0 Å². The van der Waals surface area contributed by atoms with Gasteiger partial charge in [-0.2, -0.15) is 0 Å². The van der Waals surface area contributed by atoms with E-state index >= 15 is 0 Å². The normalized spacial score (nSPS) is 10.3. The second-order valence-corrected chi connectivity index (χ2v) is 3.94. The number of hydrogen-bond acceptors (Lipinski definition) is 0. The minimum Gasteiger partial charge on any atom is -0.0620 e. The van der Waals surface area contributed by atoms with E-state index in [2.05, 4.69) is 52.0 Å². The van der Waals surface area contributed by atoms with Crippen LogP contribution in [0.1, 0.15) is 50.7 Å². The fourth-order valence-electron chi connectivity index (χ4n) is 1.56. The minimum absolute atomic E-state index is 0. The van der Waals surface area contributed by atoms with Gasteiger partial charge in [0.05, 0.1) is 0 Å². The Bertz CT molecular complexity index is 224. The molecule has 0 unspecified atom stereocenters. The molecular formula is C12H18Na+. The van der Waals surface area contributed by atoms with Gasteiger partial charge < -0.3 is 0 Å². The Morgan fingerprint density at radius 3 is 1.31 bits per heavy atom. The maximum absolute atomic E-state index is 2.25. The Labute approximate surface area is 104 Å². The van der Waals surface area contributed by atoms with E-state index in [0.29, 0.717) is 11.8 Å². The predicted octanol–water partition coefficient (Wildman–Crippen LogP) is 0.937. The summed E-state index contributed by atoms with van der Waals surface area (Å²) in [6, 6.07) is 8.72. The summed E-state index contributed by atoms with van der Waals surface area (Å²) in [5.74, 6) is 1.28. The van der Waals surface area contributed by atoms with E-state index in [1.807, 2.05) is 0 Å². The maximum atomic E-state index is 2.25. The first kappa shape index (κ1) is 13.2. The molecule has 0 aliphatic heterocycles.